The predicted octanol–water partition coefficient (Wildman–Crippen LogP) is 2.34. The van der Waals surface area contributed by atoms with Crippen LogP contribution >= 0.6 is 0 Å². The van der Waals surface area contributed by atoms with Crippen molar-refractivity contribution >= 4 is 12.4 Å². The van der Waals surface area contributed by atoms with Crippen molar-refractivity contribution in [1.82, 2.24) is 0 Å². The number of rotatable bonds is 6. The largest absolute Gasteiger partial charge is 0.301 e. The van der Waals surface area contributed by atoms with Gasteiger partial charge < -0.3 is 4.99 Å². The number of unbranched alkanes of at least 4 members (excludes halogenated alkanes) is 2. The first-order valence-corrected chi connectivity index (χ1v) is 4.30. The van der Waals surface area contributed by atoms with E-state index in [0.717, 1.165) is 25.8 Å². The first-order valence-electron chi connectivity index (χ1n) is 4.30. The topological polar surface area (TPSA) is 24.7 Å². The van der Waals surface area contributed by atoms with E-state index >= 15 is 0 Å². The molecule has 0 aromatic heterocycles. The zero-order chi connectivity index (χ0) is 8.36. The molecule has 0 N–H and O–H groups in total. The third kappa shape index (κ3) is 9.34. The van der Waals surface area contributed by atoms with Crippen LogP contribution in [-0.2, 0) is 0 Å². The Morgan fingerprint density at radius 2 is 1.91 bits per heavy atom. The van der Waals surface area contributed by atoms with E-state index in [0.29, 0.717) is 0 Å². The van der Waals surface area contributed by atoms with Gasteiger partial charge in [-0.15, -0.1) is 0 Å². The van der Waals surface area contributed by atoms with Crippen LogP contribution in [0.1, 0.15) is 32.6 Å². The van der Waals surface area contributed by atoms with E-state index in [-0.39, 0.29) is 0 Å². The second-order valence-corrected chi connectivity index (χ2v) is 2.46. The van der Waals surface area contributed by atoms with Crippen molar-refractivity contribution < 1.29 is 0 Å². The van der Waals surface area contributed by atoms with Crippen LogP contribution in [-0.4, -0.2) is 26.0 Å². The maximum Gasteiger partial charge on any atom is 0.0382 e. The van der Waals surface area contributed by atoms with Crippen molar-refractivity contribution in [2.45, 2.75) is 32.6 Å². The van der Waals surface area contributed by atoms with Gasteiger partial charge in [0.25, 0.3) is 0 Å². The third-order valence-electron chi connectivity index (χ3n) is 1.33. The van der Waals surface area contributed by atoms with Gasteiger partial charge in [0.15, 0.2) is 0 Å². The maximum absolute atomic E-state index is 4.22. The molecule has 0 fully saturated rings. The molecular formula is C9H18N2. The van der Waals surface area contributed by atoms with Crippen molar-refractivity contribution in [2.24, 2.45) is 9.98 Å². The molecule has 0 heterocycles. The Labute approximate surface area is 69.4 Å². The molecule has 2 heteroatoms. The Bertz CT molecular complexity index is 117. The summed E-state index contributed by atoms with van der Waals surface area (Å²) in [7, 11) is 1.81. The standard InChI is InChI=1S/C9H18N2/c1-3-7-11-9-6-4-5-8-10-2/h8-9H,3-7H2,1-2H3. The van der Waals surface area contributed by atoms with Crippen LogP contribution in [0.15, 0.2) is 9.98 Å². The lowest BCUT2D eigenvalue weighted by Gasteiger charge is -1.88. The van der Waals surface area contributed by atoms with E-state index in [4.69, 9.17) is 0 Å². The fraction of sp³-hybridized carbons (Fsp3) is 0.778. The Kier molecular flexibility index (Phi) is 8.78. The van der Waals surface area contributed by atoms with Crippen LogP contribution in [0.4, 0.5) is 0 Å². The van der Waals surface area contributed by atoms with Crippen LogP contribution in [0.25, 0.3) is 0 Å². The lowest BCUT2D eigenvalue weighted by molar-refractivity contribution is 0.906. The van der Waals surface area contributed by atoms with Gasteiger partial charge in [-0.2, -0.15) is 0 Å². The van der Waals surface area contributed by atoms with Gasteiger partial charge in [0.05, 0.1) is 0 Å². The van der Waals surface area contributed by atoms with Crippen molar-refractivity contribution in [1.29, 1.82) is 0 Å². The lowest BCUT2D eigenvalue weighted by atomic mass is 10.2. The molecule has 0 aromatic rings. The fourth-order valence-electron chi connectivity index (χ4n) is 0.741. The quantitative estimate of drug-likeness (QED) is 0.414. The van der Waals surface area contributed by atoms with Gasteiger partial charge in [0.1, 0.15) is 0 Å². The number of aliphatic imine (C=N–C) groups is 2. The minimum Gasteiger partial charge on any atom is -0.301 e. The molecular weight excluding hydrogens is 136 g/mol. The van der Waals surface area contributed by atoms with E-state index in [1.54, 1.807) is 0 Å². The van der Waals surface area contributed by atoms with Crippen molar-refractivity contribution in [3.05, 3.63) is 0 Å². The summed E-state index contributed by atoms with van der Waals surface area (Å²) in [6.45, 7) is 3.11. The van der Waals surface area contributed by atoms with Crippen LogP contribution in [0, 0.1) is 0 Å². The Morgan fingerprint density at radius 1 is 1.18 bits per heavy atom. The summed E-state index contributed by atoms with van der Waals surface area (Å²) in [6, 6.07) is 0. The summed E-state index contributed by atoms with van der Waals surface area (Å²) >= 11 is 0. The highest BCUT2D eigenvalue weighted by Crippen LogP contribution is 1.89. The molecule has 11 heavy (non-hydrogen) atoms. The molecule has 0 atom stereocenters. The second-order valence-electron chi connectivity index (χ2n) is 2.46. The summed E-state index contributed by atoms with van der Waals surface area (Å²) in [6.07, 6.45) is 8.46. The van der Waals surface area contributed by atoms with Gasteiger partial charge in [-0.05, 0) is 38.1 Å². The maximum atomic E-state index is 4.22. The molecule has 0 aliphatic carbocycles. The molecule has 0 unspecified atom stereocenters. The van der Waals surface area contributed by atoms with E-state index in [1.165, 1.54) is 6.42 Å². The minimum absolute atomic E-state index is 0.974. The highest BCUT2D eigenvalue weighted by atomic mass is 14.7. The molecule has 0 aliphatic rings. The van der Waals surface area contributed by atoms with Crippen LogP contribution in [0.5, 0.6) is 0 Å². The zero-order valence-electron chi connectivity index (χ0n) is 7.58. The summed E-state index contributed by atoms with van der Waals surface area (Å²) in [5, 5.41) is 0. The first-order chi connectivity index (χ1) is 5.41. The van der Waals surface area contributed by atoms with Crippen LogP contribution < -0.4 is 0 Å². The third-order valence-corrected chi connectivity index (χ3v) is 1.33. The van der Waals surface area contributed by atoms with Crippen molar-refractivity contribution in [3.63, 3.8) is 0 Å². The van der Waals surface area contributed by atoms with E-state index in [9.17, 15) is 0 Å². The predicted molar refractivity (Wildman–Crippen MR) is 51.9 cm³/mol. The smallest absolute Gasteiger partial charge is 0.0382 e. The molecule has 0 aliphatic heterocycles. The van der Waals surface area contributed by atoms with Crippen LogP contribution in [0.3, 0.4) is 0 Å². The average molecular weight is 154 g/mol. The van der Waals surface area contributed by atoms with Crippen molar-refractivity contribution in [3.8, 4) is 0 Å². The molecule has 2 nitrogen and oxygen atoms in total. The average Bonchev–Trinajstić information content (AvgIpc) is 2.03. The molecule has 0 rings (SSSR count). The molecule has 64 valence electrons. The normalized spacial score (nSPS) is 11.8. The molecule has 0 saturated carbocycles. The SMILES string of the molecule is CCCN=CCCCC=NC. The van der Waals surface area contributed by atoms with Gasteiger partial charge in [0.2, 0.25) is 0 Å². The molecule has 0 saturated heterocycles. The fourth-order valence-corrected chi connectivity index (χ4v) is 0.741. The number of nitrogens with zero attached hydrogens (tertiary/aromatic N) is 2. The minimum atomic E-state index is 0.974. The highest BCUT2D eigenvalue weighted by Gasteiger charge is 1.80. The van der Waals surface area contributed by atoms with E-state index in [2.05, 4.69) is 16.9 Å². The Hall–Kier alpha value is -0.660. The monoisotopic (exact) mass is 154 g/mol. The zero-order valence-corrected chi connectivity index (χ0v) is 7.58. The Balaban J connectivity index is 3.00. The van der Waals surface area contributed by atoms with E-state index < -0.39 is 0 Å². The number of hydrogen-bond donors (Lipinski definition) is 0. The van der Waals surface area contributed by atoms with Gasteiger partial charge in [-0.3, -0.25) is 4.99 Å². The summed E-state index contributed by atoms with van der Waals surface area (Å²) in [4.78, 5) is 8.12. The first kappa shape index (κ1) is 10.3. The number of hydrogen-bond acceptors (Lipinski definition) is 2. The van der Waals surface area contributed by atoms with Gasteiger partial charge in [-0.25, -0.2) is 0 Å². The van der Waals surface area contributed by atoms with Gasteiger partial charge in [0, 0.05) is 13.6 Å². The summed E-state index contributed by atoms with van der Waals surface area (Å²) < 4.78 is 0. The Morgan fingerprint density at radius 3 is 2.55 bits per heavy atom. The highest BCUT2D eigenvalue weighted by molar-refractivity contribution is 5.60. The van der Waals surface area contributed by atoms with Crippen LogP contribution in [0.2, 0.25) is 0 Å². The van der Waals surface area contributed by atoms with Gasteiger partial charge >= 0.3 is 0 Å². The second kappa shape index (κ2) is 9.34. The molecule has 0 aromatic carbocycles. The van der Waals surface area contributed by atoms with Crippen molar-refractivity contribution in [2.75, 3.05) is 13.6 Å². The molecule has 0 amide bonds. The molecule has 0 radical (unpaired) electrons. The summed E-state index contributed by atoms with van der Waals surface area (Å²) in [5.41, 5.74) is 0. The summed E-state index contributed by atoms with van der Waals surface area (Å²) in [5.74, 6) is 0. The lowest BCUT2D eigenvalue weighted by Crippen LogP contribution is -1.81. The van der Waals surface area contributed by atoms with E-state index in [1.807, 2.05) is 19.5 Å². The van der Waals surface area contributed by atoms with Gasteiger partial charge in [-0.1, -0.05) is 6.92 Å². The molecule has 0 bridgehead atoms. The molecule has 0 spiro atoms.